The predicted octanol–water partition coefficient (Wildman–Crippen LogP) is 3.99. The number of nitrogens with one attached hydrogen (secondary N) is 1. The van der Waals surface area contributed by atoms with Gasteiger partial charge in [-0.15, -0.1) is 0 Å². The minimum absolute atomic E-state index is 0.0385. The number of carbonyl (C=O) groups is 1. The van der Waals surface area contributed by atoms with E-state index in [1.54, 1.807) is 0 Å². The summed E-state index contributed by atoms with van der Waals surface area (Å²) in [6.45, 7) is 0. The van der Waals surface area contributed by atoms with Gasteiger partial charge in [0, 0.05) is 17.5 Å². The third-order valence-electron chi connectivity index (χ3n) is 5.56. The Morgan fingerprint density at radius 2 is 1.72 bits per heavy atom. The van der Waals surface area contributed by atoms with Crippen molar-refractivity contribution in [2.75, 3.05) is 0 Å². The second-order valence-corrected chi connectivity index (χ2v) is 7.26. The fraction of sp³-hybridized carbons (Fsp3) is 0.409. The first-order valence-corrected chi connectivity index (χ1v) is 9.35. The molecule has 1 amide bonds. The molecule has 3 nitrogen and oxygen atoms in total. The van der Waals surface area contributed by atoms with Crippen molar-refractivity contribution in [3.63, 3.8) is 0 Å². The molecule has 2 aromatic rings. The van der Waals surface area contributed by atoms with Crippen LogP contribution in [0.4, 0.5) is 0 Å². The van der Waals surface area contributed by atoms with Gasteiger partial charge in [0.05, 0.1) is 12.2 Å². The maximum atomic E-state index is 12.6. The monoisotopic (exact) mass is 335 g/mol. The fourth-order valence-corrected chi connectivity index (χ4v) is 4.36. The molecular formula is C22H25NO2. The summed E-state index contributed by atoms with van der Waals surface area (Å²) in [6.07, 6.45) is 5.77. The molecule has 1 heterocycles. The van der Waals surface area contributed by atoms with Crippen LogP contribution in [0.1, 0.15) is 41.6 Å². The third-order valence-corrected chi connectivity index (χ3v) is 5.56. The van der Waals surface area contributed by atoms with Gasteiger partial charge in [0.2, 0.25) is 0 Å². The van der Waals surface area contributed by atoms with Gasteiger partial charge in [-0.25, -0.2) is 0 Å². The van der Waals surface area contributed by atoms with Crippen molar-refractivity contribution >= 4 is 5.91 Å². The maximum absolute atomic E-state index is 12.6. The molecule has 0 aromatic heterocycles. The van der Waals surface area contributed by atoms with Crippen molar-refractivity contribution in [2.24, 2.45) is 5.92 Å². The first-order valence-electron chi connectivity index (χ1n) is 9.35. The van der Waals surface area contributed by atoms with Crippen molar-refractivity contribution in [1.82, 2.24) is 5.32 Å². The molecule has 1 N–H and O–H groups in total. The summed E-state index contributed by atoms with van der Waals surface area (Å²) in [5.41, 5.74) is 2.04. The Morgan fingerprint density at radius 3 is 2.48 bits per heavy atom. The van der Waals surface area contributed by atoms with Crippen molar-refractivity contribution in [3.8, 4) is 0 Å². The number of hydrogen-bond acceptors (Lipinski definition) is 2. The molecule has 1 saturated heterocycles. The van der Waals surface area contributed by atoms with E-state index in [2.05, 4.69) is 29.6 Å². The lowest BCUT2D eigenvalue weighted by atomic mass is 9.86. The van der Waals surface area contributed by atoms with Crippen LogP contribution in [0, 0.1) is 5.92 Å². The van der Waals surface area contributed by atoms with E-state index in [0.29, 0.717) is 12.0 Å². The summed E-state index contributed by atoms with van der Waals surface area (Å²) in [4.78, 5) is 12.6. The molecule has 0 unspecified atom stereocenters. The molecule has 3 heteroatoms. The first kappa shape index (κ1) is 16.3. The summed E-state index contributed by atoms with van der Waals surface area (Å²) >= 11 is 0. The van der Waals surface area contributed by atoms with Crippen molar-refractivity contribution in [3.05, 3.63) is 71.8 Å². The highest BCUT2D eigenvalue weighted by molar-refractivity contribution is 5.94. The summed E-state index contributed by atoms with van der Waals surface area (Å²) in [7, 11) is 0. The standard InChI is InChI=1S/C22H25NO2/c24-22(17-10-5-2-6-11-17)23-20-15-18(14-16-8-3-1-4-9-16)25-21-13-7-12-19(20)21/h1-6,8-11,18-21H,7,12-15H2,(H,23,24)/t18-,19-,20+,21+/m0/s1. The van der Waals surface area contributed by atoms with E-state index in [1.165, 1.54) is 12.0 Å². The Kier molecular flexibility index (Phi) is 4.84. The Balaban J connectivity index is 1.46. The highest BCUT2D eigenvalue weighted by Crippen LogP contribution is 2.38. The van der Waals surface area contributed by atoms with Crippen molar-refractivity contribution < 1.29 is 9.53 Å². The van der Waals surface area contributed by atoms with Crippen LogP contribution in [-0.4, -0.2) is 24.2 Å². The highest BCUT2D eigenvalue weighted by atomic mass is 16.5. The average Bonchev–Trinajstić information content (AvgIpc) is 3.12. The lowest BCUT2D eigenvalue weighted by molar-refractivity contribution is -0.0816. The van der Waals surface area contributed by atoms with Gasteiger partial charge in [-0.05, 0) is 43.4 Å². The molecule has 2 aromatic carbocycles. The van der Waals surface area contributed by atoms with Gasteiger partial charge < -0.3 is 10.1 Å². The van der Waals surface area contributed by atoms with E-state index in [-0.39, 0.29) is 18.1 Å². The molecule has 130 valence electrons. The predicted molar refractivity (Wildman–Crippen MR) is 98.5 cm³/mol. The maximum Gasteiger partial charge on any atom is 0.251 e. The van der Waals surface area contributed by atoms with Crippen LogP contribution in [0.5, 0.6) is 0 Å². The Labute approximate surface area is 149 Å². The fourth-order valence-electron chi connectivity index (χ4n) is 4.36. The molecule has 1 saturated carbocycles. The molecule has 1 aliphatic heterocycles. The Hall–Kier alpha value is -2.13. The molecule has 4 rings (SSSR count). The van der Waals surface area contributed by atoms with Crippen LogP contribution in [0.3, 0.4) is 0 Å². The number of benzene rings is 2. The van der Waals surface area contributed by atoms with Crippen LogP contribution in [0.25, 0.3) is 0 Å². The number of hydrogen-bond donors (Lipinski definition) is 1. The van der Waals surface area contributed by atoms with Crippen LogP contribution in [0.15, 0.2) is 60.7 Å². The van der Waals surface area contributed by atoms with Crippen molar-refractivity contribution in [2.45, 2.75) is 50.4 Å². The van der Waals surface area contributed by atoms with Crippen molar-refractivity contribution in [1.29, 1.82) is 0 Å². The smallest absolute Gasteiger partial charge is 0.251 e. The Morgan fingerprint density at radius 1 is 1.00 bits per heavy atom. The molecule has 1 aliphatic carbocycles. The molecule has 0 spiro atoms. The quantitative estimate of drug-likeness (QED) is 0.917. The van der Waals surface area contributed by atoms with E-state index < -0.39 is 0 Å². The second-order valence-electron chi connectivity index (χ2n) is 7.26. The topological polar surface area (TPSA) is 38.3 Å². The van der Waals surface area contributed by atoms with Crippen LogP contribution >= 0.6 is 0 Å². The zero-order valence-corrected chi connectivity index (χ0v) is 14.4. The molecule has 2 fully saturated rings. The number of rotatable bonds is 4. The van der Waals surface area contributed by atoms with Crippen LogP contribution in [0.2, 0.25) is 0 Å². The normalized spacial score (nSPS) is 28.3. The summed E-state index contributed by atoms with van der Waals surface area (Å²) in [5, 5.41) is 3.30. The van der Waals surface area contributed by atoms with Gasteiger partial charge in [0.15, 0.2) is 0 Å². The zero-order valence-electron chi connectivity index (χ0n) is 14.4. The summed E-state index contributed by atoms with van der Waals surface area (Å²) < 4.78 is 6.38. The molecule has 0 bridgehead atoms. The molecule has 2 aliphatic rings. The van der Waals surface area contributed by atoms with E-state index in [4.69, 9.17) is 4.74 Å². The third kappa shape index (κ3) is 3.77. The lowest BCUT2D eigenvalue weighted by Crippen LogP contribution is -2.50. The van der Waals surface area contributed by atoms with E-state index in [0.717, 1.165) is 31.2 Å². The van der Waals surface area contributed by atoms with E-state index in [9.17, 15) is 4.79 Å². The number of amides is 1. The average molecular weight is 335 g/mol. The summed E-state index contributed by atoms with van der Waals surface area (Å²) in [6, 6.07) is 20.2. The van der Waals surface area contributed by atoms with Gasteiger partial charge in [0.25, 0.3) is 5.91 Å². The minimum atomic E-state index is 0.0385. The van der Waals surface area contributed by atoms with Crippen LogP contribution < -0.4 is 5.32 Å². The molecular weight excluding hydrogens is 310 g/mol. The number of carbonyl (C=O) groups excluding carboxylic acids is 1. The first-order chi connectivity index (χ1) is 12.3. The van der Waals surface area contributed by atoms with Gasteiger partial charge >= 0.3 is 0 Å². The van der Waals surface area contributed by atoms with Crippen LogP contribution in [-0.2, 0) is 11.2 Å². The minimum Gasteiger partial charge on any atom is -0.374 e. The van der Waals surface area contributed by atoms with Gasteiger partial charge in [0.1, 0.15) is 0 Å². The zero-order chi connectivity index (χ0) is 17.1. The van der Waals surface area contributed by atoms with E-state index in [1.807, 2.05) is 36.4 Å². The Bertz CT molecular complexity index is 700. The lowest BCUT2D eigenvalue weighted by Gasteiger charge is -2.39. The molecule has 4 atom stereocenters. The SMILES string of the molecule is O=C(N[C@@H]1C[C@H](Cc2ccccc2)O[C@@H]2CCC[C@@H]12)c1ccccc1. The largest absolute Gasteiger partial charge is 0.374 e. The number of fused-ring (bicyclic) bond motifs is 1. The summed E-state index contributed by atoms with van der Waals surface area (Å²) in [5.74, 6) is 0.497. The number of ether oxygens (including phenoxy) is 1. The van der Waals surface area contributed by atoms with Gasteiger partial charge in [-0.1, -0.05) is 55.0 Å². The van der Waals surface area contributed by atoms with Gasteiger partial charge in [-0.3, -0.25) is 4.79 Å². The highest BCUT2D eigenvalue weighted by Gasteiger charge is 2.41. The van der Waals surface area contributed by atoms with Gasteiger partial charge in [-0.2, -0.15) is 0 Å². The van der Waals surface area contributed by atoms with E-state index >= 15 is 0 Å². The molecule has 25 heavy (non-hydrogen) atoms. The second kappa shape index (κ2) is 7.40. The molecule has 0 radical (unpaired) electrons.